The van der Waals surface area contributed by atoms with Gasteiger partial charge in [0.1, 0.15) is 6.04 Å². The number of alkyl halides is 3. The molecule has 2 aliphatic heterocycles. The van der Waals surface area contributed by atoms with Gasteiger partial charge in [-0.1, -0.05) is 79.2 Å². The largest absolute Gasteiger partial charge is 0.490 e. The number of fused-ring (bicyclic) bond motifs is 1. The van der Waals surface area contributed by atoms with E-state index in [4.69, 9.17) is 15.6 Å². The smallest absolute Gasteiger partial charge is 0.475 e. The molecule has 0 aromatic heterocycles. The maximum absolute atomic E-state index is 14.6. The van der Waals surface area contributed by atoms with Gasteiger partial charge in [0.15, 0.2) is 0 Å². The first-order chi connectivity index (χ1) is 27.6. The fraction of sp³-hybridized carbons (Fsp3) is 0.512. The maximum atomic E-state index is 14.6. The van der Waals surface area contributed by atoms with Crippen molar-refractivity contribution >= 4 is 40.5 Å². The highest BCUT2D eigenvalue weighted by atomic mass is 19.4. The normalized spacial score (nSPS) is 20.1. The number of halogens is 3. The molecule has 3 aromatic rings. The Hall–Kier alpha value is -5.18. The number of nitrogens with two attached hydrogens (primary N) is 1. The number of piperazine rings is 1. The van der Waals surface area contributed by atoms with E-state index in [1.807, 2.05) is 86.3 Å². The summed E-state index contributed by atoms with van der Waals surface area (Å²) >= 11 is 0. The molecule has 2 fully saturated rings. The second-order valence-corrected chi connectivity index (χ2v) is 15.4. The number of rotatable bonds is 13. The number of piperidine rings is 1. The highest BCUT2D eigenvalue weighted by Crippen LogP contribution is 2.35. The van der Waals surface area contributed by atoms with Crippen LogP contribution in [0.1, 0.15) is 70.4 Å². The Morgan fingerprint density at radius 3 is 2.14 bits per heavy atom. The number of carbonyl (C=O) groups excluding carboxylic acids is 4. The van der Waals surface area contributed by atoms with E-state index < -0.39 is 23.6 Å². The molecule has 2 heterocycles. The maximum Gasteiger partial charge on any atom is 0.490 e. The number of aliphatic carboxylic acids is 1. The molecule has 58 heavy (non-hydrogen) atoms. The molecule has 15 heteroatoms. The second-order valence-electron chi connectivity index (χ2n) is 15.4. The van der Waals surface area contributed by atoms with Gasteiger partial charge in [-0.15, -0.1) is 0 Å². The molecular weight excluding hydrogens is 754 g/mol. The first-order valence-electron chi connectivity index (χ1n) is 20.0. The molecule has 12 nitrogen and oxygen atoms in total. The van der Waals surface area contributed by atoms with E-state index in [9.17, 15) is 32.3 Å². The fourth-order valence-corrected chi connectivity index (χ4v) is 8.03. The molecule has 0 saturated carbocycles. The van der Waals surface area contributed by atoms with Gasteiger partial charge in [0, 0.05) is 57.6 Å². The standard InChI is InChI=1S/C41H56N6O4.C2HF3O2/c1-4-43-39(50)41(26-32-14-7-5-8-15-32)21-13-23-45(29-41)38(49)36(25-33-19-20-34-16-10-11-17-35(34)24-33)44-40(51)46-27-30(2)47(31(3)28-46)37(48)18-9-6-12-22-42;3-2(4,5)1(6)7/h5,7-8,10-11,14-17,19-20,24,30-31,36H,4,6,9,12-13,18,21-23,25-29,42H2,1-3H3,(H,43,50)(H,44,51);(H,6,7)/t30?,31?,36?,41-;/m0./s1. The molecule has 5 rings (SSSR count). The number of hydrogen-bond acceptors (Lipinski definition) is 6. The molecule has 0 spiro atoms. The third-order valence-corrected chi connectivity index (χ3v) is 10.8. The lowest BCUT2D eigenvalue weighted by Crippen LogP contribution is -2.63. The van der Waals surface area contributed by atoms with Crippen LogP contribution in [0.15, 0.2) is 72.8 Å². The number of carboxylic acid groups (broad SMARTS) is 1. The third-order valence-electron chi connectivity index (χ3n) is 10.8. The minimum Gasteiger partial charge on any atom is -0.475 e. The van der Waals surface area contributed by atoms with Crippen LogP contribution in [0.2, 0.25) is 0 Å². The number of nitrogens with one attached hydrogen (secondary N) is 2. The molecule has 5 N–H and O–H groups in total. The molecule has 2 saturated heterocycles. The predicted octanol–water partition coefficient (Wildman–Crippen LogP) is 5.52. The zero-order valence-corrected chi connectivity index (χ0v) is 33.6. The van der Waals surface area contributed by atoms with Crippen LogP contribution in [-0.4, -0.2) is 113 Å². The van der Waals surface area contributed by atoms with Crippen LogP contribution in [-0.2, 0) is 32.0 Å². The number of benzene rings is 3. The second kappa shape index (κ2) is 21.0. The quantitative estimate of drug-likeness (QED) is 0.165. The molecule has 3 aromatic carbocycles. The fourth-order valence-electron chi connectivity index (χ4n) is 8.03. The van der Waals surface area contributed by atoms with Crippen molar-refractivity contribution in [1.29, 1.82) is 0 Å². The van der Waals surface area contributed by atoms with Gasteiger partial charge in [-0.25, -0.2) is 9.59 Å². The average Bonchev–Trinajstić information content (AvgIpc) is 3.19. The molecule has 2 aliphatic rings. The van der Waals surface area contributed by atoms with E-state index in [1.54, 1.807) is 9.80 Å². The van der Waals surface area contributed by atoms with Gasteiger partial charge in [0.05, 0.1) is 5.41 Å². The summed E-state index contributed by atoms with van der Waals surface area (Å²) in [6.45, 7) is 8.55. The van der Waals surface area contributed by atoms with Crippen molar-refractivity contribution in [3.05, 3.63) is 83.9 Å². The molecular formula is C43H57F3N6O6. The van der Waals surface area contributed by atoms with Crippen LogP contribution >= 0.6 is 0 Å². The van der Waals surface area contributed by atoms with Crippen molar-refractivity contribution in [1.82, 2.24) is 25.3 Å². The van der Waals surface area contributed by atoms with Crippen LogP contribution in [0, 0.1) is 5.41 Å². The van der Waals surface area contributed by atoms with Gasteiger partial charge in [0.25, 0.3) is 0 Å². The lowest BCUT2D eigenvalue weighted by atomic mass is 9.74. The van der Waals surface area contributed by atoms with Crippen LogP contribution in [0.4, 0.5) is 18.0 Å². The lowest BCUT2D eigenvalue weighted by Gasteiger charge is -2.45. The molecule has 3 unspecified atom stereocenters. The van der Waals surface area contributed by atoms with E-state index in [-0.39, 0.29) is 42.4 Å². The predicted molar refractivity (Wildman–Crippen MR) is 216 cm³/mol. The van der Waals surface area contributed by atoms with Crippen molar-refractivity contribution in [2.45, 2.75) is 96.4 Å². The number of amides is 5. The zero-order chi connectivity index (χ0) is 42.5. The summed E-state index contributed by atoms with van der Waals surface area (Å²) in [5.74, 6) is -2.89. The molecule has 4 atom stereocenters. The van der Waals surface area contributed by atoms with Crippen LogP contribution in [0.25, 0.3) is 10.8 Å². The number of hydrogen-bond donors (Lipinski definition) is 4. The Morgan fingerprint density at radius 2 is 1.52 bits per heavy atom. The summed E-state index contributed by atoms with van der Waals surface area (Å²) in [4.78, 5) is 69.9. The van der Waals surface area contributed by atoms with Gasteiger partial charge in [-0.2, -0.15) is 13.2 Å². The summed E-state index contributed by atoms with van der Waals surface area (Å²) in [6.07, 6.45) is 0.214. The number of carboxylic acids is 1. The van der Waals surface area contributed by atoms with E-state index in [0.29, 0.717) is 64.8 Å². The Bertz CT molecular complexity index is 1850. The van der Waals surface area contributed by atoms with Crippen molar-refractivity contribution in [3.63, 3.8) is 0 Å². The molecule has 0 bridgehead atoms. The molecule has 0 radical (unpaired) electrons. The highest BCUT2D eigenvalue weighted by Gasteiger charge is 2.45. The minimum atomic E-state index is -5.08. The van der Waals surface area contributed by atoms with Crippen LogP contribution in [0.3, 0.4) is 0 Å². The number of unbranched alkanes of at least 4 members (excludes halogenated alkanes) is 2. The summed E-state index contributed by atoms with van der Waals surface area (Å²) in [6, 6.07) is 22.7. The monoisotopic (exact) mass is 810 g/mol. The summed E-state index contributed by atoms with van der Waals surface area (Å²) < 4.78 is 31.7. The zero-order valence-electron chi connectivity index (χ0n) is 33.6. The molecule has 0 aliphatic carbocycles. The summed E-state index contributed by atoms with van der Waals surface area (Å²) in [7, 11) is 0. The Labute approximate surface area is 338 Å². The number of urea groups is 1. The van der Waals surface area contributed by atoms with E-state index >= 15 is 0 Å². The van der Waals surface area contributed by atoms with Crippen LogP contribution < -0.4 is 16.4 Å². The van der Waals surface area contributed by atoms with Crippen molar-refractivity contribution in [2.24, 2.45) is 11.1 Å². The third kappa shape index (κ3) is 12.4. The minimum absolute atomic E-state index is 0.0451. The SMILES string of the molecule is CCNC(=O)[C@]1(Cc2ccccc2)CCCN(C(=O)C(Cc2ccc3ccccc3c2)NC(=O)N2CC(C)N(C(=O)CCCCCN)C(C)C2)C1.O=C(O)C(F)(F)F. The Kier molecular flexibility index (Phi) is 16.5. The number of likely N-dealkylation sites (tertiary alicyclic amines) is 1. The Morgan fingerprint density at radius 1 is 0.879 bits per heavy atom. The first kappa shape index (κ1) is 45.5. The highest BCUT2D eigenvalue weighted by molar-refractivity contribution is 5.90. The van der Waals surface area contributed by atoms with Crippen molar-refractivity contribution in [3.8, 4) is 0 Å². The van der Waals surface area contributed by atoms with E-state index in [0.717, 1.165) is 41.2 Å². The van der Waals surface area contributed by atoms with E-state index in [2.05, 4.69) is 22.8 Å². The van der Waals surface area contributed by atoms with Gasteiger partial charge >= 0.3 is 18.2 Å². The van der Waals surface area contributed by atoms with Crippen molar-refractivity contribution in [2.75, 3.05) is 39.3 Å². The lowest BCUT2D eigenvalue weighted by molar-refractivity contribution is -0.192. The van der Waals surface area contributed by atoms with Crippen LogP contribution in [0.5, 0.6) is 0 Å². The van der Waals surface area contributed by atoms with Gasteiger partial charge in [-0.3, -0.25) is 14.4 Å². The topological polar surface area (TPSA) is 165 Å². The van der Waals surface area contributed by atoms with E-state index in [1.165, 1.54) is 0 Å². The molecule has 5 amide bonds. The first-order valence-corrected chi connectivity index (χ1v) is 20.0. The summed E-state index contributed by atoms with van der Waals surface area (Å²) in [5, 5.41) is 15.5. The van der Waals surface area contributed by atoms with Gasteiger partial charge in [-0.05, 0) is 81.3 Å². The number of nitrogens with zero attached hydrogens (tertiary/aromatic N) is 3. The van der Waals surface area contributed by atoms with Gasteiger partial charge < -0.3 is 36.2 Å². The Balaban J connectivity index is 0.000000973. The average molecular weight is 811 g/mol. The van der Waals surface area contributed by atoms with Gasteiger partial charge in [0.2, 0.25) is 17.7 Å². The molecule has 316 valence electrons. The van der Waals surface area contributed by atoms with Crippen molar-refractivity contribution < 1.29 is 42.3 Å². The number of carbonyl (C=O) groups is 5. The summed E-state index contributed by atoms with van der Waals surface area (Å²) in [5.41, 5.74) is 6.84.